The van der Waals surface area contributed by atoms with Crippen LogP contribution in [0.2, 0.25) is 0 Å². The Morgan fingerprint density at radius 2 is 1.84 bits per heavy atom. The number of aryl methyl sites for hydroxylation is 2. The summed E-state index contributed by atoms with van der Waals surface area (Å²) in [6.45, 7) is 10.1. The molecule has 4 nitrogen and oxygen atoms in total. The number of thioether (sulfide) groups is 1. The number of hydrogen-bond donors (Lipinski definition) is 0. The number of aromatic nitrogens is 2. The van der Waals surface area contributed by atoms with Crippen molar-refractivity contribution in [3.8, 4) is 0 Å². The van der Waals surface area contributed by atoms with Crippen LogP contribution >= 0.6 is 11.8 Å². The zero-order chi connectivity index (χ0) is 22.6. The Labute approximate surface area is 196 Å². The van der Waals surface area contributed by atoms with Gasteiger partial charge in [0.05, 0.1) is 25.6 Å². The second-order valence-electron chi connectivity index (χ2n) is 9.77. The predicted molar refractivity (Wildman–Crippen MR) is 131 cm³/mol. The van der Waals surface area contributed by atoms with E-state index in [4.69, 9.17) is 9.47 Å². The third-order valence-electron chi connectivity index (χ3n) is 5.97. The first-order valence-electron chi connectivity index (χ1n) is 11.4. The molecule has 0 bridgehead atoms. The Morgan fingerprint density at radius 1 is 1.09 bits per heavy atom. The third kappa shape index (κ3) is 6.03. The topological polar surface area (TPSA) is 36.3 Å². The molecule has 3 aromatic rings. The summed E-state index contributed by atoms with van der Waals surface area (Å²) < 4.78 is 15.0. The van der Waals surface area contributed by atoms with Crippen molar-refractivity contribution in [3.05, 3.63) is 83.9 Å². The van der Waals surface area contributed by atoms with Gasteiger partial charge in [-0.05, 0) is 42.0 Å². The molecule has 1 aromatic heterocycles. The normalized spacial score (nSPS) is 21.2. The van der Waals surface area contributed by atoms with Crippen LogP contribution in [-0.2, 0) is 27.9 Å². The zero-order valence-corrected chi connectivity index (χ0v) is 20.4. The maximum absolute atomic E-state index is 6.58. The fourth-order valence-corrected chi connectivity index (χ4v) is 4.85. The molecule has 2 aromatic carbocycles. The molecule has 0 spiro atoms. The summed E-state index contributed by atoms with van der Waals surface area (Å²) in [6.07, 6.45) is 7.41. The van der Waals surface area contributed by atoms with Crippen molar-refractivity contribution in [1.82, 2.24) is 9.55 Å². The summed E-state index contributed by atoms with van der Waals surface area (Å²) in [7, 11) is 0. The number of ether oxygens (including phenoxy) is 2. The van der Waals surface area contributed by atoms with Gasteiger partial charge in [-0.3, -0.25) is 0 Å². The van der Waals surface area contributed by atoms with Gasteiger partial charge in [-0.2, -0.15) is 0 Å². The van der Waals surface area contributed by atoms with Gasteiger partial charge in [0.1, 0.15) is 0 Å². The van der Waals surface area contributed by atoms with Crippen LogP contribution < -0.4 is 0 Å². The largest absolute Gasteiger partial charge is 0.345 e. The van der Waals surface area contributed by atoms with E-state index in [1.807, 2.05) is 24.3 Å². The molecule has 2 unspecified atom stereocenters. The van der Waals surface area contributed by atoms with Crippen LogP contribution in [0.1, 0.15) is 43.9 Å². The first-order valence-corrected chi connectivity index (χ1v) is 12.4. The Hall–Kier alpha value is -2.08. The van der Waals surface area contributed by atoms with Gasteiger partial charge < -0.3 is 14.0 Å². The van der Waals surface area contributed by atoms with E-state index in [-0.39, 0.29) is 11.5 Å². The van der Waals surface area contributed by atoms with Gasteiger partial charge in [-0.15, -0.1) is 11.8 Å². The number of nitrogens with zero attached hydrogens (tertiary/aromatic N) is 2. The molecular weight excluding hydrogens is 416 g/mol. The van der Waals surface area contributed by atoms with E-state index < -0.39 is 5.79 Å². The van der Waals surface area contributed by atoms with Crippen molar-refractivity contribution in [2.24, 2.45) is 0 Å². The van der Waals surface area contributed by atoms with Crippen molar-refractivity contribution < 1.29 is 9.47 Å². The quantitative estimate of drug-likeness (QED) is 0.393. The maximum atomic E-state index is 6.58. The molecule has 1 saturated heterocycles. The van der Waals surface area contributed by atoms with Gasteiger partial charge in [-0.1, -0.05) is 62.7 Å². The van der Waals surface area contributed by atoms with E-state index in [0.717, 1.165) is 18.6 Å². The molecular formula is C27H34N2O2S. The number of hydrogen-bond acceptors (Lipinski definition) is 4. The molecule has 1 aliphatic heterocycles. The van der Waals surface area contributed by atoms with E-state index >= 15 is 0 Å². The van der Waals surface area contributed by atoms with Gasteiger partial charge >= 0.3 is 0 Å². The van der Waals surface area contributed by atoms with Crippen molar-refractivity contribution in [2.75, 3.05) is 12.4 Å². The minimum Gasteiger partial charge on any atom is -0.345 e. The SMILES string of the molecule is Cc1ccc(SCC2COC(CCc3ccc(C(C)(C)C)cc3)(Cn3ccnc3)O2)cc1. The van der Waals surface area contributed by atoms with Crippen LogP contribution in [0.15, 0.2) is 72.1 Å². The summed E-state index contributed by atoms with van der Waals surface area (Å²) in [5.74, 6) is 0.261. The molecule has 2 heterocycles. The fourth-order valence-electron chi connectivity index (χ4n) is 3.98. The van der Waals surface area contributed by atoms with Crippen molar-refractivity contribution in [2.45, 2.75) is 69.3 Å². The molecule has 0 N–H and O–H groups in total. The van der Waals surface area contributed by atoms with E-state index in [9.17, 15) is 0 Å². The molecule has 32 heavy (non-hydrogen) atoms. The van der Waals surface area contributed by atoms with Crippen molar-refractivity contribution >= 4 is 11.8 Å². The lowest BCUT2D eigenvalue weighted by Gasteiger charge is -2.29. The maximum Gasteiger partial charge on any atom is 0.187 e. The second-order valence-corrected chi connectivity index (χ2v) is 10.9. The van der Waals surface area contributed by atoms with Crippen molar-refractivity contribution in [1.29, 1.82) is 0 Å². The minimum atomic E-state index is -0.623. The highest BCUT2D eigenvalue weighted by molar-refractivity contribution is 7.99. The molecule has 1 fully saturated rings. The number of imidazole rings is 1. The van der Waals surface area contributed by atoms with E-state index in [1.165, 1.54) is 21.6 Å². The fraction of sp³-hybridized carbons (Fsp3) is 0.444. The molecule has 4 rings (SSSR count). The van der Waals surface area contributed by atoms with Crippen molar-refractivity contribution in [3.63, 3.8) is 0 Å². The van der Waals surface area contributed by atoms with Crippen LogP contribution in [0, 0.1) is 6.92 Å². The first kappa shape index (κ1) is 23.1. The van der Waals surface area contributed by atoms with Crippen LogP contribution in [-0.4, -0.2) is 33.8 Å². The Balaban J connectivity index is 1.40. The van der Waals surface area contributed by atoms with E-state index in [2.05, 4.69) is 85.8 Å². The van der Waals surface area contributed by atoms with Gasteiger partial charge in [0, 0.05) is 29.5 Å². The molecule has 1 aliphatic rings. The Kier molecular flexibility index (Phi) is 7.08. The van der Waals surface area contributed by atoms with Crippen LogP contribution in [0.5, 0.6) is 0 Å². The zero-order valence-electron chi connectivity index (χ0n) is 19.6. The molecule has 0 radical (unpaired) electrons. The summed E-state index contributed by atoms with van der Waals surface area (Å²) in [4.78, 5) is 5.46. The lowest BCUT2D eigenvalue weighted by atomic mass is 9.86. The summed E-state index contributed by atoms with van der Waals surface area (Å²) in [5.41, 5.74) is 4.12. The monoisotopic (exact) mass is 450 g/mol. The van der Waals surface area contributed by atoms with Gasteiger partial charge in [0.2, 0.25) is 0 Å². The van der Waals surface area contributed by atoms with Crippen LogP contribution in [0.3, 0.4) is 0 Å². The predicted octanol–water partition coefficient (Wildman–Crippen LogP) is 6.03. The van der Waals surface area contributed by atoms with Crippen LogP contribution in [0.4, 0.5) is 0 Å². The molecule has 2 atom stereocenters. The summed E-state index contributed by atoms with van der Waals surface area (Å²) in [6, 6.07) is 17.6. The van der Waals surface area contributed by atoms with Gasteiger partial charge in [0.25, 0.3) is 0 Å². The second kappa shape index (κ2) is 9.82. The average molecular weight is 451 g/mol. The average Bonchev–Trinajstić information content (AvgIpc) is 3.42. The lowest BCUT2D eigenvalue weighted by molar-refractivity contribution is -0.180. The molecule has 0 saturated carbocycles. The first-order chi connectivity index (χ1) is 15.3. The summed E-state index contributed by atoms with van der Waals surface area (Å²) in [5, 5.41) is 0. The highest BCUT2D eigenvalue weighted by Gasteiger charge is 2.41. The number of benzene rings is 2. The molecule has 5 heteroatoms. The highest BCUT2D eigenvalue weighted by atomic mass is 32.2. The molecule has 0 amide bonds. The van der Waals surface area contributed by atoms with E-state index in [0.29, 0.717) is 13.2 Å². The van der Waals surface area contributed by atoms with E-state index in [1.54, 1.807) is 6.20 Å². The van der Waals surface area contributed by atoms with Crippen LogP contribution in [0.25, 0.3) is 0 Å². The molecule has 0 aliphatic carbocycles. The smallest absolute Gasteiger partial charge is 0.187 e. The standard InChI is InChI=1S/C27H34N2O2S/c1-21-5-11-25(12-6-21)32-18-24-17-30-27(31-24,19-29-16-15-28-20-29)14-13-22-7-9-23(10-8-22)26(2,3)4/h5-12,15-16,20,24H,13-14,17-19H2,1-4H3. The highest BCUT2D eigenvalue weighted by Crippen LogP contribution is 2.33. The number of rotatable bonds is 8. The van der Waals surface area contributed by atoms with Gasteiger partial charge in [-0.25, -0.2) is 4.98 Å². The minimum absolute atomic E-state index is 0.0769. The third-order valence-corrected chi connectivity index (χ3v) is 7.11. The summed E-state index contributed by atoms with van der Waals surface area (Å²) >= 11 is 1.83. The van der Waals surface area contributed by atoms with Gasteiger partial charge in [0.15, 0.2) is 5.79 Å². The lowest BCUT2D eigenvalue weighted by Crippen LogP contribution is -2.37. The molecule has 170 valence electrons. The Morgan fingerprint density at radius 3 is 2.50 bits per heavy atom. The Bertz CT molecular complexity index is 978.